The van der Waals surface area contributed by atoms with Gasteiger partial charge in [-0.2, -0.15) is 0 Å². The molecule has 0 fully saturated rings. The van der Waals surface area contributed by atoms with Gasteiger partial charge in [-0.3, -0.25) is 4.79 Å². The molecule has 0 saturated carbocycles. The van der Waals surface area contributed by atoms with Crippen LogP contribution in [0, 0.1) is 18.2 Å². The van der Waals surface area contributed by atoms with E-state index in [1.54, 1.807) is 6.07 Å². The van der Waals surface area contributed by atoms with Gasteiger partial charge >= 0.3 is 0 Å². The van der Waals surface area contributed by atoms with Crippen LogP contribution in [0.3, 0.4) is 0 Å². The van der Waals surface area contributed by atoms with Crippen LogP contribution in [0.25, 0.3) is 0 Å². The molecule has 2 N–H and O–H groups in total. The van der Waals surface area contributed by atoms with Crippen LogP contribution in [0.5, 0.6) is 0 Å². The van der Waals surface area contributed by atoms with Crippen molar-refractivity contribution in [1.82, 2.24) is 10.6 Å². The van der Waals surface area contributed by atoms with Gasteiger partial charge in [0.05, 0.1) is 6.42 Å². The first-order valence-electron chi connectivity index (χ1n) is 6.09. The van der Waals surface area contributed by atoms with Gasteiger partial charge in [-0.1, -0.05) is 12.0 Å². The number of terminal acetylenes is 1. The van der Waals surface area contributed by atoms with Gasteiger partial charge in [-0.05, 0) is 45.1 Å². The van der Waals surface area contributed by atoms with Crippen LogP contribution in [0.2, 0.25) is 0 Å². The summed E-state index contributed by atoms with van der Waals surface area (Å²) in [6.45, 7) is 5.75. The molecular formula is C15H17FN2OS. The third-order valence-corrected chi connectivity index (χ3v) is 2.56. The lowest BCUT2D eigenvalue weighted by Crippen LogP contribution is -2.48. The van der Waals surface area contributed by atoms with Crippen LogP contribution < -0.4 is 10.6 Å². The Hall–Kier alpha value is -1.93. The molecule has 1 rings (SSSR count). The highest BCUT2D eigenvalue weighted by Gasteiger charge is 2.15. The fraction of sp³-hybridized carbons (Fsp3) is 0.333. The third kappa shape index (κ3) is 4.98. The van der Waals surface area contributed by atoms with Crippen molar-refractivity contribution in [3.63, 3.8) is 0 Å². The summed E-state index contributed by atoms with van der Waals surface area (Å²) in [5, 5.41) is 5.66. The Kier molecular flexibility index (Phi) is 5.23. The molecule has 0 radical (unpaired) electrons. The number of benzene rings is 1. The second kappa shape index (κ2) is 6.49. The molecule has 0 aromatic heterocycles. The van der Waals surface area contributed by atoms with Gasteiger partial charge in [-0.25, -0.2) is 4.39 Å². The Morgan fingerprint density at radius 2 is 2.10 bits per heavy atom. The van der Waals surface area contributed by atoms with Crippen LogP contribution in [-0.4, -0.2) is 16.6 Å². The first kappa shape index (κ1) is 16.1. The normalized spacial score (nSPS) is 10.6. The Balaban J connectivity index is 2.73. The van der Waals surface area contributed by atoms with E-state index in [-0.39, 0.29) is 22.6 Å². The quantitative estimate of drug-likeness (QED) is 0.648. The summed E-state index contributed by atoms with van der Waals surface area (Å²) >= 11 is 5.01. The predicted octanol–water partition coefficient (Wildman–Crippen LogP) is 2.14. The lowest BCUT2D eigenvalue weighted by atomic mass is 10.0. The first-order valence-corrected chi connectivity index (χ1v) is 6.50. The molecule has 0 aliphatic carbocycles. The van der Waals surface area contributed by atoms with Gasteiger partial charge in [0, 0.05) is 16.7 Å². The van der Waals surface area contributed by atoms with Crippen LogP contribution in [0.1, 0.15) is 31.9 Å². The largest absolute Gasteiger partial charge is 0.358 e. The molecular weight excluding hydrogens is 275 g/mol. The van der Waals surface area contributed by atoms with Crippen molar-refractivity contribution < 1.29 is 9.18 Å². The molecule has 20 heavy (non-hydrogen) atoms. The van der Waals surface area contributed by atoms with Gasteiger partial charge < -0.3 is 10.6 Å². The molecule has 0 spiro atoms. The van der Waals surface area contributed by atoms with Crippen molar-refractivity contribution in [2.24, 2.45) is 0 Å². The Bertz CT molecular complexity index is 570. The number of hydrogen-bond acceptors (Lipinski definition) is 2. The van der Waals surface area contributed by atoms with E-state index in [9.17, 15) is 9.18 Å². The highest BCUT2D eigenvalue weighted by Crippen LogP contribution is 2.13. The maximum Gasteiger partial charge on any atom is 0.230 e. The van der Waals surface area contributed by atoms with E-state index in [2.05, 4.69) is 16.6 Å². The maximum absolute atomic E-state index is 13.7. The molecule has 0 saturated heterocycles. The molecule has 106 valence electrons. The Morgan fingerprint density at radius 3 is 2.65 bits per heavy atom. The number of hydrogen-bond donors (Lipinski definition) is 2. The fourth-order valence-corrected chi connectivity index (χ4v) is 2.00. The van der Waals surface area contributed by atoms with E-state index in [1.807, 2.05) is 20.8 Å². The molecule has 1 amide bonds. The first-order chi connectivity index (χ1) is 9.23. The SMILES string of the molecule is C#Cc1cccc(F)c1CC(=O)NC(=S)NC(C)(C)C. The summed E-state index contributed by atoms with van der Waals surface area (Å²) < 4.78 is 13.7. The molecule has 1 aromatic rings. The summed E-state index contributed by atoms with van der Waals surface area (Å²) in [6, 6.07) is 4.38. The number of halogens is 1. The smallest absolute Gasteiger partial charge is 0.230 e. The van der Waals surface area contributed by atoms with Gasteiger partial charge in [0.25, 0.3) is 0 Å². The third-order valence-electron chi connectivity index (χ3n) is 2.35. The van der Waals surface area contributed by atoms with Crippen molar-refractivity contribution in [3.05, 3.63) is 35.1 Å². The number of rotatable bonds is 2. The zero-order chi connectivity index (χ0) is 15.3. The van der Waals surface area contributed by atoms with Crippen LogP contribution >= 0.6 is 12.2 Å². The lowest BCUT2D eigenvalue weighted by Gasteiger charge is -2.22. The second-order valence-electron chi connectivity index (χ2n) is 5.34. The van der Waals surface area contributed by atoms with E-state index in [0.29, 0.717) is 5.56 Å². The average Bonchev–Trinajstić information content (AvgIpc) is 2.28. The van der Waals surface area contributed by atoms with Crippen molar-refractivity contribution in [1.29, 1.82) is 0 Å². The minimum absolute atomic E-state index is 0.155. The van der Waals surface area contributed by atoms with E-state index in [1.165, 1.54) is 12.1 Å². The van der Waals surface area contributed by atoms with E-state index < -0.39 is 11.7 Å². The molecule has 1 aromatic carbocycles. The average molecular weight is 292 g/mol. The summed E-state index contributed by atoms with van der Waals surface area (Å²) in [5.41, 5.74) is 0.313. The molecule has 0 heterocycles. The van der Waals surface area contributed by atoms with Gasteiger partial charge in [-0.15, -0.1) is 6.42 Å². The Morgan fingerprint density at radius 1 is 1.45 bits per heavy atom. The highest BCUT2D eigenvalue weighted by molar-refractivity contribution is 7.80. The Labute approximate surface area is 124 Å². The number of carbonyl (C=O) groups is 1. The van der Waals surface area contributed by atoms with Crippen LogP contribution in [-0.2, 0) is 11.2 Å². The van der Waals surface area contributed by atoms with Crippen molar-refractivity contribution in [2.75, 3.05) is 0 Å². The summed E-state index contributed by atoms with van der Waals surface area (Å²) in [4.78, 5) is 11.9. The summed E-state index contributed by atoms with van der Waals surface area (Å²) in [6.07, 6.45) is 5.14. The molecule has 0 bridgehead atoms. The molecule has 5 heteroatoms. The monoisotopic (exact) mass is 292 g/mol. The molecule has 3 nitrogen and oxygen atoms in total. The van der Waals surface area contributed by atoms with Gasteiger partial charge in [0.2, 0.25) is 5.91 Å². The number of nitrogens with one attached hydrogen (secondary N) is 2. The van der Waals surface area contributed by atoms with Gasteiger partial charge in [0.15, 0.2) is 5.11 Å². The summed E-state index contributed by atoms with van der Waals surface area (Å²) in [7, 11) is 0. The standard InChI is InChI=1S/C15H17FN2OS/c1-5-10-7-6-8-12(16)11(10)9-13(19)17-14(20)18-15(2,3)4/h1,6-8H,9H2,2-4H3,(H2,17,18,19,20). The van der Waals surface area contributed by atoms with Gasteiger partial charge in [0.1, 0.15) is 5.82 Å². The van der Waals surface area contributed by atoms with E-state index in [4.69, 9.17) is 18.6 Å². The topological polar surface area (TPSA) is 41.1 Å². The van der Waals surface area contributed by atoms with Crippen molar-refractivity contribution in [2.45, 2.75) is 32.7 Å². The zero-order valence-electron chi connectivity index (χ0n) is 11.7. The molecule has 0 unspecified atom stereocenters. The predicted molar refractivity (Wildman–Crippen MR) is 81.7 cm³/mol. The zero-order valence-corrected chi connectivity index (χ0v) is 12.5. The van der Waals surface area contributed by atoms with Crippen molar-refractivity contribution >= 4 is 23.2 Å². The van der Waals surface area contributed by atoms with Crippen LogP contribution in [0.4, 0.5) is 4.39 Å². The van der Waals surface area contributed by atoms with E-state index >= 15 is 0 Å². The van der Waals surface area contributed by atoms with Crippen molar-refractivity contribution in [3.8, 4) is 12.3 Å². The number of amides is 1. The fourth-order valence-electron chi connectivity index (χ4n) is 1.58. The maximum atomic E-state index is 13.7. The highest BCUT2D eigenvalue weighted by atomic mass is 32.1. The summed E-state index contributed by atoms with van der Waals surface area (Å²) in [5.74, 6) is 1.46. The molecule has 0 aliphatic rings. The van der Waals surface area contributed by atoms with Crippen LogP contribution in [0.15, 0.2) is 18.2 Å². The lowest BCUT2D eigenvalue weighted by molar-refractivity contribution is -0.119. The minimum Gasteiger partial charge on any atom is -0.358 e. The molecule has 0 atom stereocenters. The second-order valence-corrected chi connectivity index (χ2v) is 5.75. The molecule has 0 aliphatic heterocycles. The minimum atomic E-state index is -0.495. The number of thiocarbonyl (C=S) groups is 1. The number of carbonyl (C=O) groups excluding carboxylic acids is 1. The van der Waals surface area contributed by atoms with E-state index in [0.717, 1.165) is 0 Å².